The number of nitrogens with one attached hydrogen (secondary N) is 1. The van der Waals surface area contributed by atoms with E-state index in [1.807, 2.05) is 0 Å². The van der Waals surface area contributed by atoms with Crippen molar-refractivity contribution in [2.24, 2.45) is 0 Å². The van der Waals surface area contributed by atoms with Crippen LogP contribution in [0.25, 0.3) is 11.2 Å². The molecule has 1 fully saturated rings. The maximum absolute atomic E-state index is 13.8. The first kappa shape index (κ1) is 14.6. The van der Waals surface area contributed by atoms with Gasteiger partial charge in [-0.3, -0.25) is 4.57 Å². The van der Waals surface area contributed by atoms with Crippen LogP contribution in [0.5, 0.6) is 11.5 Å². The van der Waals surface area contributed by atoms with Gasteiger partial charge in [0.15, 0.2) is 28.5 Å². The number of fused-ring (bicyclic) bond motifs is 1. The van der Waals surface area contributed by atoms with Gasteiger partial charge in [-0.25, -0.2) is 4.98 Å². The minimum Gasteiger partial charge on any atom is -0.504 e. The number of halogens is 1. The summed E-state index contributed by atoms with van der Waals surface area (Å²) in [6.07, 6.45) is 1.35. The van der Waals surface area contributed by atoms with Crippen molar-refractivity contribution in [2.75, 3.05) is 19.0 Å². The summed E-state index contributed by atoms with van der Waals surface area (Å²) >= 11 is 0. The first-order valence-corrected chi connectivity index (χ1v) is 7.31. The molecule has 0 spiro atoms. The molecule has 1 atom stereocenters. The number of aromatic nitrogens is 4. The lowest BCUT2D eigenvalue weighted by Gasteiger charge is -2.27. The van der Waals surface area contributed by atoms with Crippen molar-refractivity contribution in [2.45, 2.75) is 12.6 Å². The Kier molecular flexibility index (Phi) is 3.42. The van der Waals surface area contributed by atoms with Crippen molar-refractivity contribution in [3.63, 3.8) is 0 Å². The van der Waals surface area contributed by atoms with E-state index in [4.69, 9.17) is 9.47 Å². The standard InChI is InChI=1S/C15H14FN5O3/c1-23-10-6-8(2-3-9(10)22)18-13-12-14(20-15(16)19-13)21(7-17-12)11-4-5-24-11/h2-3,6-7,11,22H,4-5H2,1H3,(H,18,19,20). The highest BCUT2D eigenvalue weighted by Crippen LogP contribution is 2.32. The second-order valence-corrected chi connectivity index (χ2v) is 5.29. The van der Waals surface area contributed by atoms with E-state index in [-0.39, 0.29) is 17.8 Å². The van der Waals surface area contributed by atoms with Crippen LogP contribution in [-0.4, -0.2) is 38.3 Å². The Balaban J connectivity index is 1.75. The van der Waals surface area contributed by atoms with Gasteiger partial charge >= 0.3 is 6.08 Å². The molecule has 0 saturated carbocycles. The molecule has 3 heterocycles. The molecule has 9 heteroatoms. The molecule has 2 N–H and O–H groups in total. The molecule has 0 amide bonds. The molecule has 1 aliphatic heterocycles. The number of anilines is 2. The topological polar surface area (TPSA) is 94.3 Å². The van der Waals surface area contributed by atoms with Crippen LogP contribution < -0.4 is 10.1 Å². The first-order valence-electron chi connectivity index (χ1n) is 7.31. The number of aromatic hydroxyl groups is 1. The number of imidazole rings is 1. The molecular formula is C15H14FN5O3. The average Bonchev–Trinajstić information content (AvgIpc) is 2.91. The predicted octanol–water partition coefficient (Wildman–Crippen LogP) is 2.34. The molecule has 0 bridgehead atoms. The number of rotatable bonds is 4. The quantitative estimate of drug-likeness (QED) is 0.560. The summed E-state index contributed by atoms with van der Waals surface area (Å²) in [6.45, 7) is 0.663. The summed E-state index contributed by atoms with van der Waals surface area (Å²) in [5.41, 5.74) is 1.36. The normalized spacial score (nSPS) is 16.8. The summed E-state index contributed by atoms with van der Waals surface area (Å²) in [5.74, 6) is 0.524. The number of ether oxygens (including phenoxy) is 2. The number of phenolic OH excluding ortho intramolecular Hbond substituents is 1. The maximum atomic E-state index is 13.8. The van der Waals surface area contributed by atoms with E-state index in [1.54, 1.807) is 23.0 Å². The number of benzene rings is 1. The highest BCUT2D eigenvalue weighted by Gasteiger charge is 2.24. The molecule has 8 nitrogen and oxygen atoms in total. The third-order valence-electron chi connectivity index (χ3n) is 3.82. The lowest BCUT2D eigenvalue weighted by Crippen LogP contribution is -2.24. The molecule has 1 unspecified atom stereocenters. The zero-order chi connectivity index (χ0) is 16.7. The first-order chi connectivity index (χ1) is 11.7. The highest BCUT2D eigenvalue weighted by molar-refractivity contribution is 5.85. The third-order valence-corrected chi connectivity index (χ3v) is 3.82. The molecule has 1 aliphatic rings. The van der Waals surface area contributed by atoms with Gasteiger partial charge in [0, 0.05) is 18.2 Å². The Hall–Kier alpha value is -2.94. The summed E-state index contributed by atoms with van der Waals surface area (Å²) in [7, 11) is 1.45. The van der Waals surface area contributed by atoms with Gasteiger partial charge < -0.3 is 19.9 Å². The summed E-state index contributed by atoms with van der Waals surface area (Å²) in [6, 6.07) is 4.67. The summed E-state index contributed by atoms with van der Waals surface area (Å²) < 4.78 is 26.0. The molecule has 124 valence electrons. The lowest BCUT2D eigenvalue weighted by atomic mass is 10.2. The van der Waals surface area contributed by atoms with Gasteiger partial charge in [0.1, 0.15) is 6.23 Å². The van der Waals surface area contributed by atoms with E-state index in [0.717, 1.165) is 6.42 Å². The van der Waals surface area contributed by atoms with Gasteiger partial charge in [-0.05, 0) is 12.1 Å². The van der Waals surface area contributed by atoms with Crippen LogP contribution in [0.1, 0.15) is 12.6 Å². The molecule has 0 aliphatic carbocycles. The van der Waals surface area contributed by atoms with Crippen LogP contribution in [0.3, 0.4) is 0 Å². The number of methoxy groups -OCH3 is 1. The fraction of sp³-hybridized carbons (Fsp3) is 0.267. The zero-order valence-electron chi connectivity index (χ0n) is 12.7. The molecule has 0 radical (unpaired) electrons. The molecule has 1 saturated heterocycles. The second kappa shape index (κ2) is 5.60. The Morgan fingerprint density at radius 1 is 1.42 bits per heavy atom. The maximum Gasteiger partial charge on any atom is 0.312 e. The number of hydrogen-bond acceptors (Lipinski definition) is 7. The fourth-order valence-electron chi connectivity index (χ4n) is 2.52. The van der Waals surface area contributed by atoms with Gasteiger partial charge in [0.25, 0.3) is 0 Å². The van der Waals surface area contributed by atoms with Crippen molar-refractivity contribution >= 4 is 22.7 Å². The SMILES string of the molecule is COc1cc(Nc2nc(F)nc3c2ncn3C2CCO2)ccc1O. The molecular weight excluding hydrogens is 317 g/mol. The summed E-state index contributed by atoms with van der Waals surface area (Å²) in [5, 5.41) is 12.6. The van der Waals surface area contributed by atoms with Crippen molar-refractivity contribution in [3.8, 4) is 11.5 Å². The number of nitrogens with zero attached hydrogens (tertiary/aromatic N) is 4. The van der Waals surface area contributed by atoms with Gasteiger partial charge in [0.05, 0.1) is 20.0 Å². The van der Waals surface area contributed by atoms with Crippen LogP contribution in [0, 0.1) is 6.08 Å². The van der Waals surface area contributed by atoms with Crippen molar-refractivity contribution in [1.29, 1.82) is 0 Å². The van der Waals surface area contributed by atoms with Crippen molar-refractivity contribution in [1.82, 2.24) is 19.5 Å². The Morgan fingerprint density at radius 2 is 2.25 bits per heavy atom. The van der Waals surface area contributed by atoms with E-state index in [1.165, 1.54) is 13.2 Å². The molecule has 3 aromatic rings. The van der Waals surface area contributed by atoms with Gasteiger partial charge in [0.2, 0.25) is 0 Å². The fourth-order valence-corrected chi connectivity index (χ4v) is 2.52. The van der Waals surface area contributed by atoms with Crippen LogP contribution in [0.4, 0.5) is 15.9 Å². The van der Waals surface area contributed by atoms with Crippen LogP contribution >= 0.6 is 0 Å². The van der Waals surface area contributed by atoms with Crippen molar-refractivity contribution in [3.05, 3.63) is 30.6 Å². The van der Waals surface area contributed by atoms with E-state index >= 15 is 0 Å². The number of hydrogen-bond donors (Lipinski definition) is 2. The smallest absolute Gasteiger partial charge is 0.312 e. The highest BCUT2D eigenvalue weighted by atomic mass is 19.1. The Morgan fingerprint density at radius 3 is 2.96 bits per heavy atom. The predicted molar refractivity (Wildman–Crippen MR) is 82.8 cm³/mol. The lowest BCUT2D eigenvalue weighted by molar-refractivity contribution is -0.0974. The van der Waals surface area contributed by atoms with Crippen LogP contribution in [0.15, 0.2) is 24.5 Å². The molecule has 4 rings (SSSR count). The van der Waals surface area contributed by atoms with Gasteiger partial charge in [-0.2, -0.15) is 14.4 Å². The van der Waals surface area contributed by atoms with Gasteiger partial charge in [-0.1, -0.05) is 0 Å². The summed E-state index contributed by atoms with van der Waals surface area (Å²) in [4.78, 5) is 11.9. The molecule has 24 heavy (non-hydrogen) atoms. The molecule has 2 aromatic heterocycles. The molecule has 1 aromatic carbocycles. The van der Waals surface area contributed by atoms with Gasteiger partial charge in [-0.15, -0.1) is 0 Å². The number of phenols is 1. The third kappa shape index (κ3) is 2.38. The minimum absolute atomic E-state index is 0.00785. The monoisotopic (exact) mass is 331 g/mol. The van der Waals surface area contributed by atoms with E-state index in [9.17, 15) is 9.50 Å². The van der Waals surface area contributed by atoms with Crippen molar-refractivity contribution < 1.29 is 19.0 Å². The van der Waals surface area contributed by atoms with Crippen LogP contribution in [0.2, 0.25) is 0 Å². The zero-order valence-corrected chi connectivity index (χ0v) is 12.7. The largest absolute Gasteiger partial charge is 0.504 e. The average molecular weight is 331 g/mol. The Bertz CT molecular complexity index is 910. The minimum atomic E-state index is -0.864. The van der Waals surface area contributed by atoms with E-state index in [2.05, 4.69) is 20.3 Å². The second-order valence-electron chi connectivity index (χ2n) is 5.29. The van der Waals surface area contributed by atoms with E-state index < -0.39 is 6.08 Å². The van der Waals surface area contributed by atoms with E-state index in [0.29, 0.717) is 29.2 Å². The Labute approximate surface area is 135 Å². The van der Waals surface area contributed by atoms with Crippen LogP contribution in [-0.2, 0) is 4.74 Å².